The second-order valence-corrected chi connectivity index (χ2v) is 8.35. The molecule has 0 aromatic rings. The molecule has 4 atom stereocenters. The van der Waals surface area contributed by atoms with Gasteiger partial charge in [-0.15, -0.1) is 0 Å². The Morgan fingerprint density at radius 3 is 2.84 bits per heavy atom. The number of carbonyl (C=O) groups is 2. The van der Waals surface area contributed by atoms with Gasteiger partial charge >= 0.3 is 0 Å². The summed E-state index contributed by atoms with van der Waals surface area (Å²) in [5.74, 6) is 0.194. The highest BCUT2D eigenvalue weighted by Crippen LogP contribution is 2.29. The van der Waals surface area contributed by atoms with E-state index >= 15 is 0 Å². The van der Waals surface area contributed by atoms with Gasteiger partial charge in [-0.1, -0.05) is 13.8 Å². The lowest BCUT2D eigenvalue weighted by molar-refractivity contribution is -0.141. The van der Waals surface area contributed by atoms with Gasteiger partial charge < -0.3 is 25.5 Å². The fourth-order valence-corrected chi connectivity index (χ4v) is 4.45. The SMILES string of the molecule is CCN[C@@H](CC)C(=O)N[C@H](C(=O)N1CCC[C@@H]1Cc1cnc2n(O)cccc1-2)C(C)OC. The molecule has 1 fully saturated rings. The number of methoxy groups -OCH3 is 1. The summed E-state index contributed by atoms with van der Waals surface area (Å²) >= 11 is 0. The minimum Gasteiger partial charge on any atom is -0.427 e. The Kier molecular flexibility index (Phi) is 8.09. The summed E-state index contributed by atoms with van der Waals surface area (Å²) in [5.41, 5.74) is 1.87. The Hall–Kier alpha value is -2.65. The number of hydrogen-bond donors (Lipinski definition) is 3. The first-order valence-electron chi connectivity index (χ1n) is 11.4. The number of amides is 2. The molecule has 1 saturated heterocycles. The van der Waals surface area contributed by atoms with E-state index in [-0.39, 0.29) is 23.9 Å². The number of likely N-dealkylation sites (N-methyl/N-ethyl adjacent to an activating group) is 1. The molecular weight excluding hydrogens is 410 g/mol. The van der Waals surface area contributed by atoms with Crippen LogP contribution >= 0.6 is 0 Å². The molecule has 2 amide bonds. The number of fused-ring (bicyclic) bond motifs is 1. The summed E-state index contributed by atoms with van der Waals surface area (Å²) in [4.78, 5) is 32.5. The Morgan fingerprint density at radius 2 is 2.16 bits per heavy atom. The molecule has 176 valence electrons. The van der Waals surface area contributed by atoms with Crippen LogP contribution in [0.25, 0.3) is 11.4 Å². The number of ether oxygens (including phenoxy) is 1. The topological polar surface area (TPSA) is 109 Å². The molecule has 3 rings (SSSR count). The minimum absolute atomic E-state index is 0.00134. The van der Waals surface area contributed by atoms with E-state index in [9.17, 15) is 14.8 Å². The highest BCUT2D eigenvalue weighted by atomic mass is 16.5. The molecule has 1 unspecified atom stereocenters. The van der Waals surface area contributed by atoms with Crippen LogP contribution in [0.3, 0.4) is 0 Å². The van der Waals surface area contributed by atoms with Gasteiger partial charge in [0.1, 0.15) is 6.04 Å². The van der Waals surface area contributed by atoms with Crippen LogP contribution in [-0.2, 0) is 20.7 Å². The van der Waals surface area contributed by atoms with Gasteiger partial charge in [-0.2, -0.15) is 4.73 Å². The van der Waals surface area contributed by atoms with Crippen LogP contribution in [0, 0.1) is 0 Å². The third-order valence-corrected chi connectivity index (χ3v) is 6.33. The highest BCUT2D eigenvalue weighted by Gasteiger charge is 2.37. The largest absolute Gasteiger partial charge is 0.427 e. The predicted octanol–water partition coefficient (Wildman–Crippen LogP) is 1.67. The minimum atomic E-state index is -0.755. The van der Waals surface area contributed by atoms with Gasteiger partial charge in [-0.05, 0) is 56.8 Å². The van der Waals surface area contributed by atoms with Crippen molar-refractivity contribution in [3.05, 3.63) is 30.1 Å². The van der Waals surface area contributed by atoms with Crippen LogP contribution in [0.15, 0.2) is 24.5 Å². The Bertz CT molecular complexity index is 885. The molecule has 0 aromatic carbocycles. The monoisotopic (exact) mass is 445 g/mol. The van der Waals surface area contributed by atoms with Crippen LogP contribution in [0.4, 0.5) is 0 Å². The van der Waals surface area contributed by atoms with Gasteiger partial charge in [-0.3, -0.25) is 9.59 Å². The van der Waals surface area contributed by atoms with Crippen molar-refractivity contribution in [3.8, 4) is 11.4 Å². The number of nitrogens with one attached hydrogen (secondary N) is 2. The summed E-state index contributed by atoms with van der Waals surface area (Å²) in [6.45, 7) is 7.01. The lowest BCUT2D eigenvalue weighted by Gasteiger charge is -2.32. The van der Waals surface area contributed by atoms with Crippen molar-refractivity contribution in [3.63, 3.8) is 0 Å². The summed E-state index contributed by atoms with van der Waals surface area (Å²) in [5, 5.41) is 16.1. The average Bonchev–Trinajstić information content (AvgIpc) is 3.43. The van der Waals surface area contributed by atoms with Crippen LogP contribution in [0.5, 0.6) is 0 Å². The predicted molar refractivity (Wildman–Crippen MR) is 121 cm³/mol. The molecule has 0 aliphatic carbocycles. The van der Waals surface area contributed by atoms with E-state index in [0.717, 1.165) is 28.7 Å². The molecule has 3 aliphatic rings. The van der Waals surface area contributed by atoms with Crippen molar-refractivity contribution < 1.29 is 19.5 Å². The van der Waals surface area contributed by atoms with Crippen LogP contribution < -0.4 is 10.6 Å². The number of likely N-dealkylation sites (tertiary alicyclic amines) is 1. The Morgan fingerprint density at radius 1 is 1.38 bits per heavy atom. The second-order valence-electron chi connectivity index (χ2n) is 8.35. The van der Waals surface area contributed by atoms with Crippen molar-refractivity contribution in [1.82, 2.24) is 25.2 Å². The van der Waals surface area contributed by atoms with Crippen LogP contribution in [-0.4, -0.2) is 76.1 Å². The molecule has 0 saturated carbocycles. The van der Waals surface area contributed by atoms with Crippen LogP contribution in [0.2, 0.25) is 0 Å². The molecule has 0 spiro atoms. The first kappa shape index (κ1) is 24.0. The lowest BCUT2D eigenvalue weighted by atomic mass is 10.0. The maximum absolute atomic E-state index is 13.6. The van der Waals surface area contributed by atoms with Crippen molar-refractivity contribution in [2.45, 2.75) is 70.7 Å². The van der Waals surface area contributed by atoms with Crippen molar-refractivity contribution in [2.75, 3.05) is 20.2 Å². The van der Waals surface area contributed by atoms with Crippen LogP contribution in [0.1, 0.15) is 45.6 Å². The van der Waals surface area contributed by atoms with E-state index in [0.29, 0.717) is 31.8 Å². The normalized spacial score (nSPS) is 19.1. The molecule has 0 bridgehead atoms. The van der Waals surface area contributed by atoms with Crippen molar-refractivity contribution in [1.29, 1.82) is 0 Å². The standard InChI is InChI=1S/C23H35N5O4/c1-5-19(24-6-2)22(29)26-20(15(3)32-4)23(30)27-11-7-9-17(27)13-16-14-25-21-18(16)10-8-12-28(21)31/h8,10,12,14-15,17,19-20,24,31H,5-7,9,11,13H2,1-4H3,(H,26,29)/t15?,17-,19+,20+/m1/s1. The van der Waals surface area contributed by atoms with E-state index < -0.39 is 12.1 Å². The smallest absolute Gasteiger partial charge is 0.248 e. The Balaban J connectivity index is 1.75. The van der Waals surface area contributed by atoms with Gasteiger partial charge in [0, 0.05) is 37.7 Å². The fraction of sp³-hybridized carbons (Fsp3) is 0.609. The van der Waals surface area contributed by atoms with Gasteiger partial charge in [0.2, 0.25) is 11.8 Å². The highest BCUT2D eigenvalue weighted by molar-refractivity contribution is 5.90. The van der Waals surface area contributed by atoms with Gasteiger partial charge in [0.05, 0.1) is 12.1 Å². The third kappa shape index (κ3) is 5.05. The molecule has 0 radical (unpaired) electrons. The van der Waals surface area contributed by atoms with E-state index in [2.05, 4.69) is 15.6 Å². The number of nitrogens with zero attached hydrogens (tertiary/aromatic N) is 3. The number of aromatic nitrogens is 2. The molecule has 3 heterocycles. The van der Waals surface area contributed by atoms with Gasteiger partial charge in [0.15, 0.2) is 5.82 Å². The average molecular weight is 446 g/mol. The molecule has 3 N–H and O–H groups in total. The zero-order valence-corrected chi connectivity index (χ0v) is 19.4. The molecule has 9 heteroatoms. The maximum atomic E-state index is 13.6. The summed E-state index contributed by atoms with van der Waals surface area (Å²) in [7, 11) is 1.55. The first-order chi connectivity index (χ1) is 15.4. The van der Waals surface area contributed by atoms with E-state index in [4.69, 9.17) is 4.74 Å². The van der Waals surface area contributed by atoms with Crippen molar-refractivity contribution >= 4 is 11.8 Å². The second kappa shape index (κ2) is 10.8. The Labute approximate surface area is 189 Å². The number of carbonyl (C=O) groups excluding carboxylic acids is 2. The fourth-order valence-electron chi connectivity index (χ4n) is 4.45. The molecule has 3 aliphatic heterocycles. The summed E-state index contributed by atoms with van der Waals surface area (Å²) < 4.78 is 6.47. The number of pyridine rings is 1. The zero-order valence-electron chi connectivity index (χ0n) is 19.4. The quantitative estimate of drug-likeness (QED) is 0.480. The third-order valence-electron chi connectivity index (χ3n) is 6.33. The van der Waals surface area contributed by atoms with Crippen molar-refractivity contribution in [2.24, 2.45) is 0 Å². The molecular formula is C23H35N5O4. The molecule has 32 heavy (non-hydrogen) atoms. The molecule has 0 aromatic heterocycles. The maximum Gasteiger partial charge on any atom is 0.248 e. The number of rotatable bonds is 10. The summed E-state index contributed by atoms with van der Waals surface area (Å²) in [6.07, 6.45) is 5.90. The zero-order chi connectivity index (χ0) is 23.3. The molecule has 9 nitrogen and oxygen atoms in total. The van der Waals surface area contributed by atoms with Gasteiger partial charge in [0.25, 0.3) is 0 Å². The van der Waals surface area contributed by atoms with Gasteiger partial charge in [-0.25, -0.2) is 4.98 Å². The first-order valence-corrected chi connectivity index (χ1v) is 11.4. The van der Waals surface area contributed by atoms with E-state index in [1.165, 1.54) is 0 Å². The summed E-state index contributed by atoms with van der Waals surface area (Å²) in [6, 6.07) is 2.59. The number of hydrogen-bond acceptors (Lipinski definition) is 6. The van der Waals surface area contributed by atoms with E-state index in [1.54, 1.807) is 32.5 Å². The lowest BCUT2D eigenvalue weighted by Crippen LogP contribution is -2.58. The van der Waals surface area contributed by atoms with E-state index in [1.807, 2.05) is 24.8 Å².